The van der Waals surface area contributed by atoms with Crippen LogP contribution in [0, 0.1) is 0 Å². The lowest BCUT2D eigenvalue weighted by Crippen LogP contribution is -2.43. The Morgan fingerprint density at radius 2 is 1.48 bits per heavy atom. The third-order valence-electron chi connectivity index (χ3n) is 5.68. The van der Waals surface area contributed by atoms with Gasteiger partial charge in [-0.05, 0) is 25.7 Å². The second kappa shape index (κ2) is 17.8. The number of nitrogens with zero attached hydrogens (tertiary/aromatic N) is 1. The largest absolute Gasteiger partial charge is 0.461 e. The zero-order valence-corrected chi connectivity index (χ0v) is 20.1. The number of aromatic amines is 1. The Balaban J connectivity index is 2.56. The highest BCUT2D eigenvalue weighted by Crippen LogP contribution is 2.18. The van der Waals surface area contributed by atoms with Gasteiger partial charge in [0.05, 0.1) is 6.33 Å². The van der Waals surface area contributed by atoms with Gasteiger partial charge < -0.3 is 15.0 Å². The normalized spacial score (nSPS) is 12.1. The Labute approximate surface area is 189 Å². The molecule has 1 rings (SSSR count). The van der Waals surface area contributed by atoms with E-state index in [2.05, 4.69) is 29.1 Å². The first-order valence-corrected chi connectivity index (χ1v) is 12.5. The molecule has 1 aromatic rings. The van der Waals surface area contributed by atoms with Crippen molar-refractivity contribution in [2.45, 2.75) is 129 Å². The van der Waals surface area contributed by atoms with Crippen molar-refractivity contribution in [2.24, 2.45) is 0 Å². The molecule has 1 aromatic heterocycles. The van der Waals surface area contributed by atoms with E-state index in [9.17, 15) is 9.59 Å². The predicted octanol–water partition coefficient (Wildman–Crippen LogP) is 5.87. The van der Waals surface area contributed by atoms with Crippen molar-refractivity contribution in [1.29, 1.82) is 0 Å². The van der Waals surface area contributed by atoms with Gasteiger partial charge in [0, 0.05) is 25.2 Å². The van der Waals surface area contributed by atoms with Crippen LogP contribution in [0.1, 0.15) is 116 Å². The van der Waals surface area contributed by atoms with Gasteiger partial charge in [0.2, 0.25) is 5.91 Å². The molecule has 0 saturated heterocycles. The van der Waals surface area contributed by atoms with E-state index in [1.165, 1.54) is 71.1 Å². The van der Waals surface area contributed by atoms with Crippen molar-refractivity contribution in [2.75, 3.05) is 0 Å². The van der Waals surface area contributed by atoms with Crippen molar-refractivity contribution in [1.82, 2.24) is 15.3 Å². The quantitative estimate of drug-likeness (QED) is 0.210. The molecular weight excluding hydrogens is 390 g/mol. The number of aromatic nitrogens is 2. The highest BCUT2D eigenvalue weighted by molar-refractivity contribution is 5.83. The first kappa shape index (κ1) is 27.2. The van der Waals surface area contributed by atoms with Crippen LogP contribution in [0.5, 0.6) is 0 Å². The molecule has 0 aliphatic heterocycles. The standard InChI is InChI=1S/C25H45N3O3/c1-4-6-8-10-12-14-16-23(17-15-13-11-9-7-5-2)31-25(30)24(28-21(3)29)18-22-19-26-20-27-22/h19-20,23-24H,4-18H2,1-3H3,(H,26,27)(H,28,29)/t24-/m0/s1. The Hall–Kier alpha value is -1.85. The average molecular weight is 436 g/mol. The summed E-state index contributed by atoms with van der Waals surface area (Å²) >= 11 is 0. The fraction of sp³-hybridized carbons (Fsp3) is 0.800. The van der Waals surface area contributed by atoms with Gasteiger partial charge in [0.1, 0.15) is 12.1 Å². The van der Waals surface area contributed by atoms with E-state index < -0.39 is 6.04 Å². The van der Waals surface area contributed by atoms with Gasteiger partial charge in [-0.25, -0.2) is 9.78 Å². The molecule has 6 heteroatoms. The maximum atomic E-state index is 12.9. The minimum Gasteiger partial charge on any atom is -0.461 e. The lowest BCUT2D eigenvalue weighted by molar-refractivity contribution is -0.153. The minimum absolute atomic E-state index is 0.0668. The number of ether oxygens (including phenoxy) is 1. The van der Waals surface area contributed by atoms with Gasteiger partial charge in [-0.15, -0.1) is 0 Å². The van der Waals surface area contributed by atoms with Crippen LogP contribution in [0.4, 0.5) is 0 Å². The van der Waals surface area contributed by atoms with Gasteiger partial charge in [-0.3, -0.25) is 4.79 Å². The fourth-order valence-corrected chi connectivity index (χ4v) is 3.87. The second-order valence-electron chi connectivity index (χ2n) is 8.71. The average Bonchev–Trinajstić information content (AvgIpc) is 3.25. The smallest absolute Gasteiger partial charge is 0.329 e. The van der Waals surface area contributed by atoms with Gasteiger partial charge in [0.25, 0.3) is 0 Å². The Morgan fingerprint density at radius 3 is 1.97 bits per heavy atom. The monoisotopic (exact) mass is 435 g/mol. The molecule has 0 saturated carbocycles. The number of H-pyrrole nitrogens is 1. The molecular formula is C25H45N3O3. The molecule has 0 aliphatic carbocycles. The van der Waals surface area contributed by atoms with Gasteiger partial charge in [-0.1, -0.05) is 78.1 Å². The Bertz CT molecular complexity index is 559. The molecule has 178 valence electrons. The molecule has 1 atom stereocenters. The SMILES string of the molecule is CCCCCCCCC(CCCCCCCC)OC(=O)[C@H](Cc1cnc[nH]1)NC(C)=O. The summed E-state index contributed by atoms with van der Waals surface area (Å²) in [6.07, 6.45) is 20.1. The van der Waals surface area contributed by atoms with Crippen LogP contribution in [-0.2, 0) is 20.7 Å². The molecule has 2 N–H and O–H groups in total. The molecule has 1 amide bonds. The lowest BCUT2D eigenvalue weighted by Gasteiger charge is -2.22. The number of carbonyl (C=O) groups is 2. The summed E-state index contributed by atoms with van der Waals surface area (Å²) in [7, 11) is 0. The molecule has 1 heterocycles. The molecule has 0 unspecified atom stereocenters. The third kappa shape index (κ3) is 13.9. The summed E-state index contributed by atoms with van der Waals surface area (Å²) in [5, 5.41) is 2.74. The molecule has 0 spiro atoms. The molecule has 0 bridgehead atoms. The summed E-state index contributed by atoms with van der Waals surface area (Å²) in [6, 6.07) is -0.686. The summed E-state index contributed by atoms with van der Waals surface area (Å²) in [5.41, 5.74) is 0.805. The number of nitrogens with one attached hydrogen (secondary N) is 2. The van der Waals surface area contributed by atoms with E-state index in [4.69, 9.17) is 4.74 Å². The van der Waals surface area contributed by atoms with Crippen molar-refractivity contribution in [3.63, 3.8) is 0 Å². The third-order valence-corrected chi connectivity index (χ3v) is 5.68. The zero-order valence-electron chi connectivity index (χ0n) is 20.1. The number of amides is 1. The molecule has 31 heavy (non-hydrogen) atoms. The maximum Gasteiger partial charge on any atom is 0.329 e. The molecule has 0 aromatic carbocycles. The fourth-order valence-electron chi connectivity index (χ4n) is 3.87. The maximum absolute atomic E-state index is 12.9. The van der Waals surface area contributed by atoms with Crippen molar-refractivity contribution in [3.8, 4) is 0 Å². The number of hydrogen-bond donors (Lipinski definition) is 2. The molecule has 6 nitrogen and oxygen atoms in total. The molecule has 0 radical (unpaired) electrons. The summed E-state index contributed by atoms with van der Waals surface area (Å²) in [4.78, 5) is 31.5. The molecule has 0 aliphatic rings. The number of rotatable bonds is 19. The predicted molar refractivity (Wildman–Crippen MR) is 126 cm³/mol. The lowest BCUT2D eigenvalue weighted by atomic mass is 10.0. The Morgan fingerprint density at radius 1 is 0.935 bits per heavy atom. The zero-order chi connectivity index (χ0) is 22.7. The van der Waals surface area contributed by atoms with E-state index in [0.29, 0.717) is 6.42 Å². The topological polar surface area (TPSA) is 84.1 Å². The number of imidazole rings is 1. The van der Waals surface area contributed by atoms with Gasteiger partial charge in [0.15, 0.2) is 0 Å². The number of unbranched alkanes of at least 4 members (excludes halogenated alkanes) is 10. The summed E-state index contributed by atoms with van der Waals surface area (Å²) in [5.74, 6) is -0.573. The first-order valence-electron chi connectivity index (χ1n) is 12.5. The van der Waals surface area contributed by atoms with E-state index in [-0.39, 0.29) is 18.0 Å². The van der Waals surface area contributed by atoms with Crippen LogP contribution in [0.15, 0.2) is 12.5 Å². The van der Waals surface area contributed by atoms with Crippen molar-refractivity contribution in [3.05, 3.63) is 18.2 Å². The highest BCUT2D eigenvalue weighted by atomic mass is 16.5. The van der Waals surface area contributed by atoms with E-state index in [0.717, 1.165) is 31.4 Å². The first-order chi connectivity index (χ1) is 15.1. The number of carbonyl (C=O) groups excluding carboxylic acids is 2. The van der Waals surface area contributed by atoms with Crippen LogP contribution >= 0.6 is 0 Å². The summed E-state index contributed by atoms with van der Waals surface area (Å²) in [6.45, 7) is 5.88. The van der Waals surface area contributed by atoms with E-state index >= 15 is 0 Å². The number of esters is 1. The van der Waals surface area contributed by atoms with Crippen LogP contribution < -0.4 is 5.32 Å². The van der Waals surface area contributed by atoms with Gasteiger partial charge >= 0.3 is 5.97 Å². The second-order valence-corrected chi connectivity index (χ2v) is 8.71. The van der Waals surface area contributed by atoms with Crippen molar-refractivity contribution >= 4 is 11.9 Å². The van der Waals surface area contributed by atoms with Crippen LogP contribution in [0.25, 0.3) is 0 Å². The number of hydrogen-bond acceptors (Lipinski definition) is 4. The minimum atomic E-state index is -0.686. The van der Waals surface area contributed by atoms with Crippen LogP contribution in [0.3, 0.4) is 0 Å². The molecule has 0 fully saturated rings. The summed E-state index contributed by atoms with van der Waals surface area (Å²) < 4.78 is 5.93. The van der Waals surface area contributed by atoms with E-state index in [1.807, 2.05) is 0 Å². The van der Waals surface area contributed by atoms with Gasteiger partial charge in [-0.2, -0.15) is 0 Å². The van der Waals surface area contributed by atoms with Crippen molar-refractivity contribution < 1.29 is 14.3 Å². The van der Waals surface area contributed by atoms with Crippen LogP contribution in [-0.4, -0.2) is 34.0 Å². The van der Waals surface area contributed by atoms with E-state index in [1.54, 1.807) is 12.5 Å². The van der Waals surface area contributed by atoms with Crippen LogP contribution in [0.2, 0.25) is 0 Å². The highest BCUT2D eigenvalue weighted by Gasteiger charge is 2.25. The Kier molecular flexibility index (Phi) is 15.6.